The molecule has 2 N–H and O–H groups in total. The van der Waals surface area contributed by atoms with Crippen molar-refractivity contribution in [3.63, 3.8) is 0 Å². The van der Waals surface area contributed by atoms with Crippen LogP contribution in [-0.2, 0) is 14.8 Å². The third-order valence-electron chi connectivity index (χ3n) is 2.66. The lowest BCUT2D eigenvalue weighted by atomic mass is 10.2. The van der Waals surface area contributed by atoms with E-state index in [0.29, 0.717) is 18.5 Å². The molecule has 1 rings (SSSR count). The number of benzene rings is 1. The summed E-state index contributed by atoms with van der Waals surface area (Å²) in [5, 5.41) is 3.11. The summed E-state index contributed by atoms with van der Waals surface area (Å²) in [5.74, 6) is -0.493. The summed E-state index contributed by atoms with van der Waals surface area (Å²) >= 11 is 0. The summed E-state index contributed by atoms with van der Waals surface area (Å²) in [6.07, 6.45) is 0.716. The molecule has 0 fully saturated rings. The summed E-state index contributed by atoms with van der Waals surface area (Å²) in [6.45, 7) is 3.99. The highest BCUT2D eigenvalue weighted by atomic mass is 32.2. The highest BCUT2D eigenvalue weighted by Crippen LogP contribution is 2.11. The topological polar surface area (TPSA) is 84.5 Å². The minimum Gasteiger partial charge on any atom is -0.465 e. The molecule has 0 heterocycles. The Labute approximate surface area is 119 Å². The zero-order chi connectivity index (χ0) is 15.0. The van der Waals surface area contributed by atoms with Gasteiger partial charge in [0, 0.05) is 6.54 Å². The van der Waals surface area contributed by atoms with Crippen LogP contribution in [0.25, 0.3) is 0 Å². The number of nitrogens with one attached hydrogen (secondary N) is 2. The molecule has 0 radical (unpaired) electrons. The molecule has 0 aliphatic rings. The molecule has 0 saturated carbocycles. The van der Waals surface area contributed by atoms with Crippen molar-refractivity contribution >= 4 is 16.0 Å². The Morgan fingerprint density at radius 1 is 1.20 bits per heavy atom. The lowest BCUT2D eigenvalue weighted by Gasteiger charge is -2.07. The molecule has 0 unspecified atom stereocenters. The summed E-state index contributed by atoms with van der Waals surface area (Å²) in [6, 6.07) is 5.63. The number of hydrogen-bond donors (Lipinski definition) is 2. The van der Waals surface area contributed by atoms with Crippen molar-refractivity contribution in [1.29, 1.82) is 0 Å². The molecule has 0 amide bonds. The molecular formula is C13H20N2O4S. The number of sulfonamides is 1. The SMILES string of the molecule is CCNCCCNS(=O)(=O)c1ccc(C(=O)OC)cc1. The fourth-order valence-electron chi connectivity index (χ4n) is 1.57. The predicted octanol–water partition coefficient (Wildman–Crippen LogP) is 0.751. The van der Waals surface area contributed by atoms with E-state index in [4.69, 9.17) is 0 Å². The van der Waals surface area contributed by atoms with Crippen molar-refractivity contribution in [2.24, 2.45) is 0 Å². The minimum absolute atomic E-state index is 0.133. The Morgan fingerprint density at radius 3 is 2.40 bits per heavy atom. The summed E-state index contributed by atoms with van der Waals surface area (Å²) < 4.78 is 31.0. The zero-order valence-electron chi connectivity index (χ0n) is 11.7. The van der Waals surface area contributed by atoms with Gasteiger partial charge < -0.3 is 10.1 Å². The van der Waals surface area contributed by atoms with Crippen molar-refractivity contribution in [2.75, 3.05) is 26.7 Å². The van der Waals surface area contributed by atoms with E-state index in [-0.39, 0.29) is 4.90 Å². The van der Waals surface area contributed by atoms with E-state index in [0.717, 1.165) is 13.1 Å². The Hall–Kier alpha value is -1.44. The van der Waals surface area contributed by atoms with Crippen LogP contribution in [0.4, 0.5) is 0 Å². The first-order valence-corrected chi connectivity index (χ1v) is 7.88. The quantitative estimate of drug-likeness (QED) is 0.547. The molecule has 7 heteroatoms. The lowest BCUT2D eigenvalue weighted by molar-refractivity contribution is 0.0600. The van der Waals surface area contributed by atoms with Gasteiger partial charge in [-0.3, -0.25) is 0 Å². The monoisotopic (exact) mass is 300 g/mol. The van der Waals surface area contributed by atoms with E-state index >= 15 is 0 Å². The first-order chi connectivity index (χ1) is 9.51. The van der Waals surface area contributed by atoms with Crippen molar-refractivity contribution in [1.82, 2.24) is 10.0 Å². The van der Waals surface area contributed by atoms with E-state index in [1.165, 1.54) is 31.4 Å². The summed E-state index contributed by atoms with van der Waals surface area (Å²) in [7, 11) is -2.25. The molecule has 0 spiro atoms. The molecule has 6 nitrogen and oxygen atoms in total. The van der Waals surface area contributed by atoms with Crippen molar-refractivity contribution in [3.05, 3.63) is 29.8 Å². The Balaban J connectivity index is 2.61. The lowest BCUT2D eigenvalue weighted by Crippen LogP contribution is -2.27. The third kappa shape index (κ3) is 4.92. The smallest absolute Gasteiger partial charge is 0.337 e. The first-order valence-electron chi connectivity index (χ1n) is 6.40. The van der Waals surface area contributed by atoms with E-state index in [1.54, 1.807) is 0 Å². The van der Waals surface area contributed by atoms with Gasteiger partial charge in [-0.15, -0.1) is 0 Å². The second kappa shape index (κ2) is 7.98. The van der Waals surface area contributed by atoms with Gasteiger partial charge in [0.15, 0.2) is 0 Å². The minimum atomic E-state index is -3.53. The van der Waals surface area contributed by atoms with Crippen LogP contribution >= 0.6 is 0 Å². The first kappa shape index (κ1) is 16.6. The molecule has 0 aliphatic heterocycles. The van der Waals surface area contributed by atoms with Gasteiger partial charge in [0.1, 0.15) is 0 Å². The summed E-state index contributed by atoms with van der Waals surface area (Å²) in [5.41, 5.74) is 0.318. The molecule has 20 heavy (non-hydrogen) atoms. The van der Waals surface area contributed by atoms with Gasteiger partial charge in [0.25, 0.3) is 0 Å². The molecule has 0 saturated heterocycles. The van der Waals surface area contributed by atoms with Crippen LogP contribution in [0.3, 0.4) is 0 Å². The van der Waals surface area contributed by atoms with Gasteiger partial charge in [0.2, 0.25) is 10.0 Å². The number of esters is 1. The Kier molecular flexibility index (Phi) is 6.63. The number of carbonyl (C=O) groups excluding carboxylic acids is 1. The predicted molar refractivity (Wildman–Crippen MR) is 76.1 cm³/mol. The Bertz CT molecular complexity index is 526. The van der Waals surface area contributed by atoms with E-state index in [9.17, 15) is 13.2 Å². The van der Waals surface area contributed by atoms with Gasteiger partial charge in [-0.2, -0.15) is 0 Å². The maximum atomic E-state index is 12.0. The molecule has 0 bridgehead atoms. The van der Waals surface area contributed by atoms with Crippen LogP contribution in [0.5, 0.6) is 0 Å². The molecule has 0 atom stereocenters. The largest absolute Gasteiger partial charge is 0.465 e. The molecule has 1 aromatic rings. The average Bonchev–Trinajstić information content (AvgIpc) is 2.46. The number of ether oxygens (including phenoxy) is 1. The average molecular weight is 300 g/mol. The molecule has 0 aromatic heterocycles. The third-order valence-corrected chi connectivity index (χ3v) is 4.14. The molecule has 112 valence electrons. The van der Waals surface area contributed by atoms with Crippen LogP contribution < -0.4 is 10.0 Å². The van der Waals surface area contributed by atoms with Crippen LogP contribution in [0.1, 0.15) is 23.7 Å². The highest BCUT2D eigenvalue weighted by Gasteiger charge is 2.14. The maximum Gasteiger partial charge on any atom is 0.337 e. The maximum absolute atomic E-state index is 12.0. The van der Waals surface area contributed by atoms with Crippen LogP contribution in [-0.4, -0.2) is 41.1 Å². The number of rotatable bonds is 8. The highest BCUT2D eigenvalue weighted by molar-refractivity contribution is 7.89. The number of methoxy groups -OCH3 is 1. The van der Waals surface area contributed by atoms with Crippen molar-refractivity contribution in [2.45, 2.75) is 18.2 Å². The molecule has 0 aliphatic carbocycles. The van der Waals surface area contributed by atoms with Crippen molar-refractivity contribution in [3.8, 4) is 0 Å². The second-order valence-electron chi connectivity index (χ2n) is 4.12. The molecule has 1 aromatic carbocycles. The van der Waals surface area contributed by atoms with Crippen LogP contribution in [0.2, 0.25) is 0 Å². The van der Waals surface area contributed by atoms with E-state index in [2.05, 4.69) is 14.8 Å². The van der Waals surface area contributed by atoms with E-state index in [1.807, 2.05) is 6.92 Å². The fraction of sp³-hybridized carbons (Fsp3) is 0.462. The number of hydrogen-bond acceptors (Lipinski definition) is 5. The second-order valence-corrected chi connectivity index (χ2v) is 5.89. The van der Waals surface area contributed by atoms with Crippen molar-refractivity contribution < 1.29 is 17.9 Å². The van der Waals surface area contributed by atoms with Gasteiger partial charge in [-0.05, 0) is 43.8 Å². The Morgan fingerprint density at radius 2 is 1.85 bits per heavy atom. The zero-order valence-corrected chi connectivity index (χ0v) is 12.5. The summed E-state index contributed by atoms with van der Waals surface area (Å²) in [4.78, 5) is 11.4. The molecular weight excluding hydrogens is 280 g/mol. The van der Waals surface area contributed by atoms with Gasteiger partial charge in [-0.25, -0.2) is 17.9 Å². The van der Waals surface area contributed by atoms with Gasteiger partial charge in [0.05, 0.1) is 17.6 Å². The number of carbonyl (C=O) groups is 1. The van der Waals surface area contributed by atoms with Gasteiger partial charge in [-0.1, -0.05) is 6.92 Å². The fourth-order valence-corrected chi connectivity index (χ4v) is 2.64. The van der Waals surface area contributed by atoms with Gasteiger partial charge >= 0.3 is 5.97 Å². The van der Waals surface area contributed by atoms with Crippen LogP contribution in [0, 0.1) is 0 Å². The standard InChI is InChI=1S/C13H20N2O4S/c1-3-14-9-4-10-15-20(17,18)12-7-5-11(6-8-12)13(16)19-2/h5-8,14-15H,3-4,9-10H2,1-2H3. The van der Waals surface area contributed by atoms with E-state index < -0.39 is 16.0 Å². The van der Waals surface area contributed by atoms with Crippen LogP contribution in [0.15, 0.2) is 29.2 Å². The normalized spacial score (nSPS) is 11.3.